The van der Waals surface area contributed by atoms with Gasteiger partial charge in [0.05, 0.1) is 5.70 Å². The molecule has 1 aliphatic heterocycles. The van der Waals surface area contributed by atoms with Gasteiger partial charge >= 0.3 is 0 Å². The van der Waals surface area contributed by atoms with Crippen molar-refractivity contribution in [3.05, 3.63) is 17.8 Å². The van der Waals surface area contributed by atoms with Crippen molar-refractivity contribution in [2.24, 2.45) is 10.2 Å². The monoisotopic (exact) mass is 179 g/mol. The molecule has 0 N–H and O–H groups in total. The number of unbranched alkanes of at least 4 members (excludes halogenated alkanes) is 2. The molecule has 0 atom stereocenters. The predicted molar refractivity (Wildman–Crippen MR) is 55.2 cm³/mol. The quantitative estimate of drug-likeness (QED) is 0.582. The van der Waals surface area contributed by atoms with Gasteiger partial charge in [-0.1, -0.05) is 33.1 Å². The Morgan fingerprint density at radius 2 is 1.69 bits per heavy atom. The first kappa shape index (κ1) is 10.4. The van der Waals surface area contributed by atoms with Crippen molar-refractivity contribution in [1.82, 2.24) is 0 Å². The molecule has 13 heavy (non-hydrogen) atoms. The van der Waals surface area contributed by atoms with Gasteiger partial charge in [0.1, 0.15) is 6.04 Å². The highest BCUT2D eigenvalue weighted by atomic mass is 15.1. The Morgan fingerprint density at radius 1 is 1.00 bits per heavy atom. The van der Waals surface area contributed by atoms with Gasteiger partial charge in [-0.05, 0) is 25.3 Å². The molecular formula is C11H19N2. The van der Waals surface area contributed by atoms with Gasteiger partial charge in [-0.15, -0.1) is 0 Å². The lowest BCUT2D eigenvalue weighted by atomic mass is 10.1. The summed E-state index contributed by atoms with van der Waals surface area (Å²) in [6.45, 7) is 4.41. The van der Waals surface area contributed by atoms with Crippen molar-refractivity contribution in [1.29, 1.82) is 0 Å². The minimum absolute atomic E-state index is 1.09. The van der Waals surface area contributed by atoms with Gasteiger partial charge in [-0.25, -0.2) is 0 Å². The summed E-state index contributed by atoms with van der Waals surface area (Å²) in [6.07, 6.45) is 9.27. The van der Waals surface area contributed by atoms with Crippen molar-refractivity contribution >= 4 is 0 Å². The fourth-order valence-corrected chi connectivity index (χ4v) is 1.34. The molecule has 0 spiro atoms. The molecule has 0 unspecified atom stereocenters. The third-order valence-corrected chi connectivity index (χ3v) is 2.21. The Kier molecular flexibility index (Phi) is 4.73. The van der Waals surface area contributed by atoms with E-state index in [0.29, 0.717) is 0 Å². The van der Waals surface area contributed by atoms with Crippen molar-refractivity contribution in [3.8, 4) is 0 Å². The van der Waals surface area contributed by atoms with Gasteiger partial charge in [0.2, 0.25) is 0 Å². The van der Waals surface area contributed by atoms with Crippen LogP contribution in [0.25, 0.3) is 0 Å². The average Bonchev–Trinajstić information content (AvgIpc) is 2.59. The molecule has 73 valence electrons. The van der Waals surface area contributed by atoms with Gasteiger partial charge in [0.25, 0.3) is 0 Å². The van der Waals surface area contributed by atoms with E-state index in [0.717, 1.165) is 12.8 Å². The number of nitrogens with zero attached hydrogens (tertiary/aromatic N) is 2. The van der Waals surface area contributed by atoms with Crippen LogP contribution in [0.4, 0.5) is 0 Å². The second-order valence-electron chi connectivity index (χ2n) is 3.53. The molecule has 0 aromatic rings. The molecule has 0 amide bonds. The van der Waals surface area contributed by atoms with Crippen LogP contribution in [-0.2, 0) is 0 Å². The molecule has 1 radical (unpaired) electrons. The Balaban J connectivity index is 2.24. The van der Waals surface area contributed by atoms with Crippen LogP contribution in [0.1, 0.15) is 52.4 Å². The van der Waals surface area contributed by atoms with Crippen molar-refractivity contribution < 1.29 is 0 Å². The van der Waals surface area contributed by atoms with Crippen LogP contribution >= 0.6 is 0 Å². The third kappa shape index (κ3) is 3.71. The summed E-state index contributed by atoms with van der Waals surface area (Å²) in [4.78, 5) is 0. The normalized spacial score (nSPS) is 16.6. The summed E-state index contributed by atoms with van der Waals surface area (Å²) in [5, 5.41) is 8.31. The van der Waals surface area contributed by atoms with Gasteiger partial charge < -0.3 is 0 Å². The van der Waals surface area contributed by atoms with Crippen LogP contribution in [-0.4, -0.2) is 0 Å². The maximum Gasteiger partial charge on any atom is 0.133 e. The Hall–Kier alpha value is -0.660. The molecular weight excluding hydrogens is 160 g/mol. The van der Waals surface area contributed by atoms with Gasteiger partial charge in [0, 0.05) is 0 Å². The first-order valence-electron chi connectivity index (χ1n) is 5.35. The summed E-state index contributed by atoms with van der Waals surface area (Å²) in [5.74, 6) is 0. The first-order valence-corrected chi connectivity index (χ1v) is 5.35. The van der Waals surface area contributed by atoms with E-state index in [-0.39, 0.29) is 0 Å². The molecule has 0 saturated carbocycles. The lowest BCUT2D eigenvalue weighted by Crippen LogP contribution is -1.85. The van der Waals surface area contributed by atoms with E-state index in [9.17, 15) is 0 Å². The van der Waals surface area contributed by atoms with Crippen LogP contribution in [0.3, 0.4) is 0 Å². The zero-order valence-electron chi connectivity index (χ0n) is 8.71. The molecule has 1 heterocycles. The van der Waals surface area contributed by atoms with E-state index in [1.54, 1.807) is 0 Å². The molecule has 0 aromatic heterocycles. The fraction of sp³-hybridized carbons (Fsp3) is 0.727. The summed E-state index contributed by atoms with van der Waals surface area (Å²) in [7, 11) is 0. The SMILES string of the molecule is CCCC[C]1C=C(CCCC)N=N1. The highest BCUT2D eigenvalue weighted by molar-refractivity contribution is 5.19. The molecule has 2 heteroatoms. The fourth-order valence-electron chi connectivity index (χ4n) is 1.34. The zero-order chi connectivity index (χ0) is 9.52. The van der Waals surface area contributed by atoms with Crippen molar-refractivity contribution in [2.45, 2.75) is 52.4 Å². The molecule has 0 fully saturated rings. The maximum atomic E-state index is 4.16. The standard InChI is InChI=1S/C11H19N2/c1-3-5-7-10-9-11(13-12-10)8-6-4-2/h9H,3-8H2,1-2H3. The highest BCUT2D eigenvalue weighted by Gasteiger charge is 2.12. The minimum atomic E-state index is 1.09. The van der Waals surface area contributed by atoms with Crippen LogP contribution in [0.15, 0.2) is 22.0 Å². The largest absolute Gasteiger partial charge is 0.175 e. The number of allylic oxidation sites excluding steroid dienone is 1. The second-order valence-corrected chi connectivity index (χ2v) is 3.53. The van der Waals surface area contributed by atoms with Gasteiger partial charge in [-0.2, -0.15) is 10.2 Å². The number of azo groups is 1. The van der Waals surface area contributed by atoms with E-state index in [1.165, 1.54) is 37.4 Å². The van der Waals surface area contributed by atoms with E-state index < -0.39 is 0 Å². The summed E-state index contributed by atoms with van der Waals surface area (Å²) in [6, 6.07) is 1.17. The van der Waals surface area contributed by atoms with E-state index in [2.05, 4.69) is 30.2 Å². The summed E-state index contributed by atoms with van der Waals surface area (Å²) < 4.78 is 0. The number of hydrogen-bond donors (Lipinski definition) is 0. The number of hydrogen-bond acceptors (Lipinski definition) is 2. The molecule has 0 saturated heterocycles. The van der Waals surface area contributed by atoms with E-state index in [4.69, 9.17) is 0 Å². The Labute approximate surface area is 81.1 Å². The summed E-state index contributed by atoms with van der Waals surface area (Å²) >= 11 is 0. The molecule has 0 aromatic carbocycles. The molecule has 0 bridgehead atoms. The van der Waals surface area contributed by atoms with Crippen molar-refractivity contribution in [2.75, 3.05) is 0 Å². The minimum Gasteiger partial charge on any atom is -0.175 e. The maximum absolute atomic E-state index is 4.16. The lowest BCUT2D eigenvalue weighted by Gasteiger charge is -1.97. The molecule has 1 aliphatic rings. The van der Waals surface area contributed by atoms with Gasteiger partial charge in [0.15, 0.2) is 0 Å². The van der Waals surface area contributed by atoms with Crippen LogP contribution in [0.5, 0.6) is 0 Å². The third-order valence-electron chi connectivity index (χ3n) is 2.21. The van der Waals surface area contributed by atoms with Crippen LogP contribution in [0, 0.1) is 6.04 Å². The molecule has 0 aliphatic carbocycles. The van der Waals surface area contributed by atoms with Crippen LogP contribution < -0.4 is 0 Å². The summed E-state index contributed by atoms with van der Waals surface area (Å²) in [5.41, 5.74) is 1.17. The Morgan fingerprint density at radius 3 is 2.38 bits per heavy atom. The highest BCUT2D eigenvalue weighted by Crippen LogP contribution is 2.26. The van der Waals surface area contributed by atoms with Crippen molar-refractivity contribution in [3.63, 3.8) is 0 Å². The van der Waals surface area contributed by atoms with Gasteiger partial charge in [-0.3, -0.25) is 0 Å². The average molecular weight is 179 g/mol. The smallest absolute Gasteiger partial charge is 0.133 e. The van der Waals surface area contributed by atoms with Crippen LogP contribution in [0.2, 0.25) is 0 Å². The molecule has 2 nitrogen and oxygen atoms in total. The zero-order valence-corrected chi connectivity index (χ0v) is 8.71. The van der Waals surface area contributed by atoms with E-state index in [1.807, 2.05) is 0 Å². The second kappa shape index (κ2) is 5.90. The predicted octanol–water partition coefficient (Wildman–Crippen LogP) is 4.25. The molecule has 1 rings (SSSR count). The number of rotatable bonds is 6. The Bertz CT molecular complexity index is 194. The van der Waals surface area contributed by atoms with E-state index >= 15 is 0 Å². The topological polar surface area (TPSA) is 24.7 Å². The lowest BCUT2D eigenvalue weighted by molar-refractivity contribution is 0.736. The first-order chi connectivity index (χ1) is 6.36.